The predicted octanol–water partition coefficient (Wildman–Crippen LogP) is 1.34. The summed E-state index contributed by atoms with van der Waals surface area (Å²) in [7, 11) is 0. The molecule has 0 aliphatic rings. The summed E-state index contributed by atoms with van der Waals surface area (Å²) in [6.07, 6.45) is 2.82. The first-order chi connectivity index (χ1) is 6.16. The van der Waals surface area contributed by atoms with E-state index in [2.05, 4.69) is 31.1 Å². The molecule has 1 rings (SSSR count). The van der Waals surface area contributed by atoms with Gasteiger partial charge in [0.2, 0.25) is 0 Å². The van der Waals surface area contributed by atoms with Gasteiger partial charge in [-0.3, -0.25) is 0 Å². The first kappa shape index (κ1) is 10.2. The second-order valence-electron chi connectivity index (χ2n) is 3.65. The number of aromatic nitrogens is 3. The van der Waals surface area contributed by atoms with Crippen molar-refractivity contribution < 1.29 is 0 Å². The Kier molecular flexibility index (Phi) is 3.42. The van der Waals surface area contributed by atoms with E-state index < -0.39 is 0 Å². The van der Waals surface area contributed by atoms with Crippen LogP contribution in [0.25, 0.3) is 0 Å². The summed E-state index contributed by atoms with van der Waals surface area (Å²) in [5, 5.41) is 7.87. The molecule has 0 saturated carbocycles. The van der Waals surface area contributed by atoms with Crippen LogP contribution in [-0.2, 0) is 6.54 Å². The molecule has 0 saturated heterocycles. The molecule has 0 fully saturated rings. The molecule has 4 nitrogen and oxygen atoms in total. The van der Waals surface area contributed by atoms with Gasteiger partial charge in [0, 0.05) is 6.54 Å². The van der Waals surface area contributed by atoms with Crippen molar-refractivity contribution in [3.63, 3.8) is 0 Å². The molecule has 2 N–H and O–H groups in total. The fraction of sp³-hybridized carbons (Fsp3) is 0.778. The summed E-state index contributed by atoms with van der Waals surface area (Å²) in [5.74, 6) is 0.425. The lowest BCUT2D eigenvalue weighted by atomic mass is 10.0. The van der Waals surface area contributed by atoms with Gasteiger partial charge in [0.05, 0.1) is 17.9 Å². The van der Waals surface area contributed by atoms with Crippen LogP contribution < -0.4 is 5.73 Å². The van der Waals surface area contributed by atoms with E-state index in [1.807, 2.05) is 4.68 Å². The fourth-order valence-corrected chi connectivity index (χ4v) is 1.25. The fourth-order valence-electron chi connectivity index (χ4n) is 1.25. The minimum absolute atomic E-state index is 0.0431. The first-order valence-electron chi connectivity index (χ1n) is 4.80. The zero-order valence-corrected chi connectivity index (χ0v) is 8.57. The third-order valence-electron chi connectivity index (χ3n) is 2.14. The third kappa shape index (κ3) is 2.28. The first-order valence-corrected chi connectivity index (χ1v) is 4.80. The lowest BCUT2D eigenvalue weighted by Crippen LogP contribution is -2.21. The molecule has 0 radical (unpaired) electrons. The topological polar surface area (TPSA) is 56.7 Å². The van der Waals surface area contributed by atoms with E-state index in [0.717, 1.165) is 18.7 Å². The zero-order valence-electron chi connectivity index (χ0n) is 8.57. The van der Waals surface area contributed by atoms with Crippen molar-refractivity contribution >= 4 is 0 Å². The van der Waals surface area contributed by atoms with Crippen LogP contribution in [0.1, 0.15) is 38.9 Å². The molecule has 0 aliphatic carbocycles. The normalized spacial score (nSPS) is 13.6. The lowest BCUT2D eigenvalue weighted by Gasteiger charge is -2.15. The highest BCUT2D eigenvalue weighted by atomic mass is 15.4. The van der Waals surface area contributed by atoms with Gasteiger partial charge >= 0.3 is 0 Å². The number of aryl methyl sites for hydroxylation is 1. The van der Waals surface area contributed by atoms with Crippen LogP contribution in [0.3, 0.4) is 0 Å². The van der Waals surface area contributed by atoms with E-state index in [-0.39, 0.29) is 6.04 Å². The highest BCUT2D eigenvalue weighted by Gasteiger charge is 2.15. The van der Waals surface area contributed by atoms with Crippen LogP contribution in [0, 0.1) is 5.92 Å². The Labute approximate surface area is 79.1 Å². The molecular formula is C9H18N4. The van der Waals surface area contributed by atoms with Gasteiger partial charge in [0.25, 0.3) is 0 Å². The standard InChI is InChI=1S/C9H18N4/c1-4-5-13-8(6-11-12-13)9(10)7(2)3/h6-7,9H,4-5,10H2,1-3H3. The zero-order chi connectivity index (χ0) is 9.84. The van der Waals surface area contributed by atoms with Gasteiger partial charge in [-0.25, -0.2) is 4.68 Å². The van der Waals surface area contributed by atoms with E-state index in [0.29, 0.717) is 5.92 Å². The molecule has 0 aliphatic heterocycles. The van der Waals surface area contributed by atoms with Crippen LogP contribution in [-0.4, -0.2) is 15.0 Å². The molecule has 1 heterocycles. The van der Waals surface area contributed by atoms with Crippen molar-refractivity contribution in [2.24, 2.45) is 11.7 Å². The number of nitrogens with two attached hydrogens (primary N) is 1. The maximum atomic E-state index is 6.01. The Morgan fingerprint density at radius 3 is 2.77 bits per heavy atom. The molecular weight excluding hydrogens is 164 g/mol. The average molecular weight is 182 g/mol. The highest BCUT2D eigenvalue weighted by molar-refractivity contribution is 5.02. The molecule has 0 spiro atoms. The van der Waals surface area contributed by atoms with Gasteiger partial charge in [0.15, 0.2) is 0 Å². The predicted molar refractivity (Wildman–Crippen MR) is 52.1 cm³/mol. The van der Waals surface area contributed by atoms with Crippen LogP contribution in [0.5, 0.6) is 0 Å². The van der Waals surface area contributed by atoms with E-state index in [1.165, 1.54) is 0 Å². The molecule has 1 aromatic rings. The summed E-state index contributed by atoms with van der Waals surface area (Å²) in [4.78, 5) is 0. The average Bonchev–Trinajstić information content (AvgIpc) is 2.52. The minimum atomic E-state index is 0.0431. The molecule has 74 valence electrons. The van der Waals surface area contributed by atoms with E-state index in [9.17, 15) is 0 Å². The van der Waals surface area contributed by atoms with Crippen LogP contribution >= 0.6 is 0 Å². The molecule has 0 bridgehead atoms. The van der Waals surface area contributed by atoms with Crippen LogP contribution in [0.15, 0.2) is 6.20 Å². The Hall–Kier alpha value is -0.900. The Bertz CT molecular complexity index is 254. The summed E-state index contributed by atoms with van der Waals surface area (Å²) in [6, 6.07) is 0.0431. The van der Waals surface area contributed by atoms with Gasteiger partial charge in [-0.2, -0.15) is 0 Å². The second kappa shape index (κ2) is 4.37. The molecule has 1 atom stereocenters. The van der Waals surface area contributed by atoms with Crippen molar-refractivity contribution in [3.8, 4) is 0 Å². The van der Waals surface area contributed by atoms with Crippen LogP contribution in [0.2, 0.25) is 0 Å². The van der Waals surface area contributed by atoms with E-state index in [1.54, 1.807) is 6.20 Å². The monoisotopic (exact) mass is 182 g/mol. The Morgan fingerprint density at radius 1 is 1.54 bits per heavy atom. The summed E-state index contributed by atoms with van der Waals surface area (Å²) >= 11 is 0. The van der Waals surface area contributed by atoms with E-state index >= 15 is 0 Å². The molecule has 1 unspecified atom stereocenters. The highest BCUT2D eigenvalue weighted by Crippen LogP contribution is 2.17. The summed E-state index contributed by atoms with van der Waals surface area (Å²) < 4.78 is 1.89. The van der Waals surface area contributed by atoms with Crippen molar-refractivity contribution in [3.05, 3.63) is 11.9 Å². The molecule has 0 aromatic carbocycles. The minimum Gasteiger partial charge on any atom is -0.322 e. The quantitative estimate of drug-likeness (QED) is 0.764. The van der Waals surface area contributed by atoms with E-state index in [4.69, 9.17) is 5.73 Å². The number of hydrogen-bond acceptors (Lipinski definition) is 3. The smallest absolute Gasteiger partial charge is 0.0756 e. The van der Waals surface area contributed by atoms with Gasteiger partial charge in [-0.15, -0.1) is 5.10 Å². The van der Waals surface area contributed by atoms with Crippen LogP contribution in [0.4, 0.5) is 0 Å². The Balaban J connectivity index is 2.80. The summed E-state index contributed by atoms with van der Waals surface area (Å²) in [5.41, 5.74) is 7.05. The molecule has 4 heteroatoms. The molecule has 0 amide bonds. The second-order valence-corrected chi connectivity index (χ2v) is 3.65. The van der Waals surface area contributed by atoms with Crippen molar-refractivity contribution in [2.45, 2.75) is 39.8 Å². The summed E-state index contributed by atoms with van der Waals surface area (Å²) in [6.45, 7) is 7.23. The van der Waals surface area contributed by atoms with Crippen molar-refractivity contribution in [2.75, 3.05) is 0 Å². The third-order valence-corrected chi connectivity index (χ3v) is 2.14. The molecule has 13 heavy (non-hydrogen) atoms. The van der Waals surface area contributed by atoms with Crippen molar-refractivity contribution in [1.82, 2.24) is 15.0 Å². The maximum Gasteiger partial charge on any atom is 0.0756 e. The number of rotatable bonds is 4. The number of nitrogens with zero attached hydrogens (tertiary/aromatic N) is 3. The maximum absolute atomic E-state index is 6.01. The molecule has 1 aromatic heterocycles. The van der Waals surface area contributed by atoms with Gasteiger partial charge in [-0.05, 0) is 12.3 Å². The number of hydrogen-bond donors (Lipinski definition) is 1. The lowest BCUT2D eigenvalue weighted by molar-refractivity contribution is 0.455. The van der Waals surface area contributed by atoms with Gasteiger partial charge in [-0.1, -0.05) is 26.0 Å². The van der Waals surface area contributed by atoms with Gasteiger partial charge < -0.3 is 5.73 Å². The largest absolute Gasteiger partial charge is 0.322 e. The Morgan fingerprint density at radius 2 is 2.23 bits per heavy atom. The SMILES string of the molecule is CCCn1nncc1C(N)C(C)C. The van der Waals surface area contributed by atoms with Gasteiger partial charge in [0.1, 0.15) is 0 Å². The van der Waals surface area contributed by atoms with Crippen molar-refractivity contribution in [1.29, 1.82) is 0 Å².